The van der Waals surface area contributed by atoms with Gasteiger partial charge in [-0.1, -0.05) is 0 Å². The lowest BCUT2D eigenvalue weighted by Gasteiger charge is -2.41. The van der Waals surface area contributed by atoms with Crippen molar-refractivity contribution in [1.82, 2.24) is 9.80 Å². The highest BCUT2D eigenvalue weighted by Gasteiger charge is 2.44. The quantitative estimate of drug-likeness (QED) is 0.744. The van der Waals surface area contributed by atoms with Gasteiger partial charge >= 0.3 is 0 Å². The van der Waals surface area contributed by atoms with Gasteiger partial charge in [0.05, 0.1) is 6.07 Å². The molecule has 90 valence electrons. The van der Waals surface area contributed by atoms with Crippen molar-refractivity contribution in [2.24, 2.45) is 11.7 Å². The summed E-state index contributed by atoms with van der Waals surface area (Å²) in [7, 11) is 2.15. The van der Waals surface area contributed by atoms with Crippen LogP contribution in [-0.4, -0.2) is 54.6 Å². The van der Waals surface area contributed by atoms with Crippen molar-refractivity contribution < 1.29 is 0 Å². The Hall–Kier alpha value is -0.630. The van der Waals surface area contributed by atoms with Crippen molar-refractivity contribution in [1.29, 1.82) is 5.26 Å². The van der Waals surface area contributed by atoms with Gasteiger partial charge in [-0.15, -0.1) is 0 Å². The molecule has 0 aromatic carbocycles. The molecule has 0 bridgehead atoms. The summed E-state index contributed by atoms with van der Waals surface area (Å²) in [5.41, 5.74) is 5.61. The van der Waals surface area contributed by atoms with Crippen molar-refractivity contribution in [3.8, 4) is 6.07 Å². The van der Waals surface area contributed by atoms with Crippen LogP contribution in [0.5, 0.6) is 0 Å². The Morgan fingerprint density at radius 3 is 2.62 bits per heavy atom. The van der Waals surface area contributed by atoms with E-state index in [9.17, 15) is 5.26 Å². The molecule has 0 spiro atoms. The summed E-state index contributed by atoms with van der Waals surface area (Å²) >= 11 is 0. The average Bonchev–Trinajstić information content (AvgIpc) is 3.06. The second-order valence-electron chi connectivity index (χ2n) is 5.51. The van der Waals surface area contributed by atoms with Gasteiger partial charge in [0.15, 0.2) is 0 Å². The molecule has 2 rings (SSSR count). The fraction of sp³-hybridized carbons (Fsp3) is 0.917. The molecule has 0 radical (unpaired) electrons. The van der Waals surface area contributed by atoms with Crippen molar-refractivity contribution in [2.45, 2.75) is 31.3 Å². The van der Waals surface area contributed by atoms with E-state index in [-0.39, 0.29) is 0 Å². The highest BCUT2D eigenvalue weighted by atomic mass is 15.3. The normalized spacial score (nSPS) is 32.0. The van der Waals surface area contributed by atoms with Gasteiger partial charge in [-0.3, -0.25) is 4.90 Å². The van der Waals surface area contributed by atoms with Crippen LogP contribution >= 0.6 is 0 Å². The third-order valence-electron chi connectivity index (χ3n) is 3.95. The molecule has 4 heteroatoms. The third kappa shape index (κ3) is 2.37. The highest BCUT2D eigenvalue weighted by Crippen LogP contribution is 2.38. The van der Waals surface area contributed by atoms with Gasteiger partial charge in [0.2, 0.25) is 0 Å². The van der Waals surface area contributed by atoms with Crippen LogP contribution in [0.25, 0.3) is 0 Å². The molecule has 1 aliphatic heterocycles. The highest BCUT2D eigenvalue weighted by molar-refractivity contribution is 5.15. The summed E-state index contributed by atoms with van der Waals surface area (Å²) in [5.74, 6) is 0.435. The van der Waals surface area contributed by atoms with Crippen LogP contribution in [0.1, 0.15) is 19.8 Å². The fourth-order valence-corrected chi connectivity index (χ4v) is 2.60. The maximum absolute atomic E-state index is 9.25. The summed E-state index contributed by atoms with van der Waals surface area (Å²) < 4.78 is 0. The number of hydrogen-bond acceptors (Lipinski definition) is 4. The van der Waals surface area contributed by atoms with E-state index in [0.717, 1.165) is 39.0 Å². The van der Waals surface area contributed by atoms with E-state index in [4.69, 9.17) is 5.73 Å². The zero-order valence-electron chi connectivity index (χ0n) is 10.3. The molecule has 0 aromatic rings. The largest absolute Gasteiger partial charge is 0.312 e. The van der Waals surface area contributed by atoms with Crippen LogP contribution < -0.4 is 5.73 Å². The van der Waals surface area contributed by atoms with Gasteiger partial charge < -0.3 is 10.6 Å². The molecule has 1 heterocycles. The predicted octanol–water partition coefficient (Wildman–Crippen LogP) is 0.253. The fourth-order valence-electron chi connectivity index (χ4n) is 2.60. The maximum Gasteiger partial charge on any atom is 0.119 e. The summed E-state index contributed by atoms with van der Waals surface area (Å²) in [4.78, 5) is 4.71. The molecule has 1 aliphatic carbocycles. The van der Waals surface area contributed by atoms with E-state index in [2.05, 4.69) is 29.8 Å². The average molecular weight is 222 g/mol. The third-order valence-corrected chi connectivity index (χ3v) is 3.95. The van der Waals surface area contributed by atoms with Gasteiger partial charge in [-0.25, -0.2) is 0 Å². The second kappa shape index (κ2) is 4.33. The van der Waals surface area contributed by atoms with Crippen molar-refractivity contribution in [2.75, 3.05) is 33.2 Å². The Bertz CT molecular complexity index is 294. The molecule has 2 fully saturated rings. The van der Waals surface area contributed by atoms with Gasteiger partial charge in [-0.05, 0) is 32.7 Å². The topological polar surface area (TPSA) is 56.3 Å². The number of likely N-dealkylation sites (N-methyl/N-ethyl adjacent to an activating group) is 1. The first kappa shape index (κ1) is 11.8. The second-order valence-corrected chi connectivity index (χ2v) is 5.51. The first-order chi connectivity index (χ1) is 7.55. The van der Waals surface area contributed by atoms with Crippen LogP contribution in [0, 0.1) is 17.2 Å². The lowest BCUT2D eigenvalue weighted by atomic mass is 9.94. The lowest BCUT2D eigenvalue weighted by molar-refractivity contribution is 0.0831. The molecule has 0 aromatic heterocycles. The minimum atomic E-state index is -0.607. The molecule has 2 aliphatic rings. The molecule has 2 N–H and O–H groups in total. The van der Waals surface area contributed by atoms with Gasteiger partial charge in [0.25, 0.3) is 0 Å². The first-order valence-electron chi connectivity index (χ1n) is 6.18. The Kier molecular flexibility index (Phi) is 3.20. The first-order valence-corrected chi connectivity index (χ1v) is 6.18. The van der Waals surface area contributed by atoms with E-state index in [1.807, 2.05) is 0 Å². The number of piperazine rings is 1. The summed E-state index contributed by atoms with van der Waals surface area (Å²) in [6, 6.07) is 2.85. The van der Waals surface area contributed by atoms with E-state index in [0.29, 0.717) is 12.0 Å². The summed E-state index contributed by atoms with van der Waals surface area (Å²) in [6.07, 6.45) is 2.26. The molecule has 16 heavy (non-hydrogen) atoms. The molecule has 2 atom stereocenters. The molecular formula is C12H22N4. The monoisotopic (exact) mass is 222 g/mol. The SMILES string of the molecule is CC1CN(C)CCN1CC(N)(C#N)C1CC1. The zero-order chi connectivity index (χ0) is 11.8. The predicted molar refractivity (Wildman–Crippen MR) is 63.8 cm³/mol. The molecule has 0 amide bonds. The van der Waals surface area contributed by atoms with E-state index in [1.165, 1.54) is 0 Å². The number of hydrogen-bond donors (Lipinski definition) is 1. The van der Waals surface area contributed by atoms with Crippen molar-refractivity contribution in [3.05, 3.63) is 0 Å². The molecule has 2 unspecified atom stereocenters. The number of nitriles is 1. The number of nitrogens with zero attached hydrogens (tertiary/aromatic N) is 3. The van der Waals surface area contributed by atoms with Crippen LogP contribution in [0.15, 0.2) is 0 Å². The van der Waals surface area contributed by atoms with E-state index < -0.39 is 5.54 Å². The van der Waals surface area contributed by atoms with Gasteiger partial charge in [-0.2, -0.15) is 5.26 Å². The smallest absolute Gasteiger partial charge is 0.119 e. The molecular weight excluding hydrogens is 200 g/mol. The Balaban J connectivity index is 1.95. The van der Waals surface area contributed by atoms with Crippen LogP contribution in [0.4, 0.5) is 0 Å². The number of nitrogens with two attached hydrogens (primary N) is 1. The lowest BCUT2D eigenvalue weighted by Crippen LogP contribution is -2.58. The van der Waals surface area contributed by atoms with E-state index >= 15 is 0 Å². The maximum atomic E-state index is 9.25. The molecule has 4 nitrogen and oxygen atoms in total. The molecule has 1 saturated heterocycles. The van der Waals surface area contributed by atoms with E-state index in [1.54, 1.807) is 0 Å². The molecule has 1 saturated carbocycles. The zero-order valence-corrected chi connectivity index (χ0v) is 10.3. The van der Waals surface area contributed by atoms with Crippen molar-refractivity contribution in [3.63, 3.8) is 0 Å². The minimum absolute atomic E-state index is 0.435. The number of rotatable bonds is 3. The van der Waals surface area contributed by atoms with Gasteiger partial charge in [0, 0.05) is 32.2 Å². The Labute approximate surface area is 98.0 Å². The Morgan fingerprint density at radius 2 is 2.12 bits per heavy atom. The van der Waals surface area contributed by atoms with Gasteiger partial charge in [0.1, 0.15) is 5.54 Å². The van der Waals surface area contributed by atoms with Crippen LogP contribution in [-0.2, 0) is 0 Å². The summed E-state index contributed by atoms with van der Waals surface area (Å²) in [6.45, 7) is 6.15. The van der Waals surface area contributed by atoms with Crippen molar-refractivity contribution >= 4 is 0 Å². The summed E-state index contributed by atoms with van der Waals surface area (Å²) in [5, 5.41) is 9.25. The standard InChI is InChI=1S/C12H22N4/c1-10-7-15(2)5-6-16(10)9-12(14,8-13)11-3-4-11/h10-11H,3-7,9,14H2,1-2H3. The Morgan fingerprint density at radius 1 is 1.44 bits per heavy atom. The van der Waals surface area contributed by atoms with Crippen LogP contribution in [0.2, 0.25) is 0 Å². The minimum Gasteiger partial charge on any atom is -0.312 e. The van der Waals surface area contributed by atoms with Crippen LogP contribution in [0.3, 0.4) is 0 Å².